The van der Waals surface area contributed by atoms with Crippen LogP contribution in [0.2, 0.25) is 0 Å². The SMILES string of the molecule is C[C@@H](N)c1ccc(Sc2ncn[nH]2)cc1. The highest BCUT2D eigenvalue weighted by Gasteiger charge is 2.01. The summed E-state index contributed by atoms with van der Waals surface area (Å²) in [5.74, 6) is 0. The standard InChI is InChI=1S/C10H12N4S/c1-7(11)8-2-4-9(5-3-8)15-10-12-6-13-14-10/h2-7H,11H2,1H3,(H,12,13,14)/t7-/m1/s1. The van der Waals surface area contributed by atoms with Crippen LogP contribution in [0.25, 0.3) is 0 Å². The highest BCUT2D eigenvalue weighted by Crippen LogP contribution is 2.24. The molecule has 0 saturated carbocycles. The molecule has 3 N–H and O–H groups in total. The second kappa shape index (κ2) is 4.46. The number of hydrogen-bond donors (Lipinski definition) is 2. The summed E-state index contributed by atoms with van der Waals surface area (Å²) < 4.78 is 0. The van der Waals surface area contributed by atoms with Gasteiger partial charge in [-0.1, -0.05) is 23.9 Å². The van der Waals surface area contributed by atoms with Crippen molar-refractivity contribution in [1.29, 1.82) is 0 Å². The van der Waals surface area contributed by atoms with Gasteiger partial charge in [-0.15, -0.1) is 0 Å². The molecule has 0 spiro atoms. The van der Waals surface area contributed by atoms with E-state index in [1.165, 1.54) is 6.33 Å². The third-order valence-corrected chi connectivity index (χ3v) is 2.91. The molecule has 78 valence electrons. The van der Waals surface area contributed by atoms with E-state index in [0.717, 1.165) is 15.6 Å². The van der Waals surface area contributed by atoms with E-state index in [9.17, 15) is 0 Å². The molecule has 2 aromatic rings. The van der Waals surface area contributed by atoms with Gasteiger partial charge in [0, 0.05) is 10.9 Å². The van der Waals surface area contributed by atoms with Crippen LogP contribution in [0.1, 0.15) is 18.5 Å². The topological polar surface area (TPSA) is 67.6 Å². The van der Waals surface area contributed by atoms with Gasteiger partial charge in [0.05, 0.1) is 0 Å². The third-order valence-electron chi connectivity index (χ3n) is 2.01. The molecule has 1 aromatic carbocycles. The Morgan fingerprint density at radius 3 is 2.60 bits per heavy atom. The second-order valence-electron chi connectivity index (χ2n) is 3.25. The maximum absolute atomic E-state index is 5.76. The largest absolute Gasteiger partial charge is 0.324 e. The Morgan fingerprint density at radius 2 is 2.07 bits per heavy atom. The Balaban J connectivity index is 2.11. The predicted octanol–water partition coefficient (Wildman–Crippen LogP) is 1.98. The minimum atomic E-state index is 0.0781. The lowest BCUT2D eigenvalue weighted by molar-refractivity contribution is 0.817. The van der Waals surface area contributed by atoms with Crippen LogP contribution in [0.15, 0.2) is 40.6 Å². The quantitative estimate of drug-likeness (QED) is 0.830. The molecule has 0 aliphatic carbocycles. The number of nitrogens with zero attached hydrogens (tertiary/aromatic N) is 2. The van der Waals surface area contributed by atoms with Crippen LogP contribution in [0.4, 0.5) is 0 Å². The Kier molecular flexibility index (Phi) is 3.03. The van der Waals surface area contributed by atoms with E-state index in [4.69, 9.17) is 5.73 Å². The van der Waals surface area contributed by atoms with Crippen molar-refractivity contribution in [3.63, 3.8) is 0 Å². The van der Waals surface area contributed by atoms with Crippen molar-refractivity contribution in [3.8, 4) is 0 Å². The van der Waals surface area contributed by atoms with Crippen LogP contribution in [0.5, 0.6) is 0 Å². The van der Waals surface area contributed by atoms with E-state index in [-0.39, 0.29) is 6.04 Å². The number of benzene rings is 1. The van der Waals surface area contributed by atoms with Crippen LogP contribution >= 0.6 is 11.8 Å². The van der Waals surface area contributed by atoms with Crippen molar-refractivity contribution in [2.24, 2.45) is 5.73 Å². The molecule has 1 atom stereocenters. The highest BCUT2D eigenvalue weighted by molar-refractivity contribution is 7.99. The summed E-state index contributed by atoms with van der Waals surface area (Å²) in [5.41, 5.74) is 6.90. The van der Waals surface area contributed by atoms with Crippen molar-refractivity contribution in [3.05, 3.63) is 36.2 Å². The van der Waals surface area contributed by atoms with Gasteiger partial charge >= 0.3 is 0 Å². The van der Waals surface area contributed by atoms with E-state index in [2.05, 4.69) is 15.2 Å². The zero-order valence-electron chi connectivity index (χ0n) is 8.34. The number of aromatic amines is 1. The van der Waals surface area contributed by atoms with Gasteiger partial charge in [0.2, 0.25) is 0 Å². The highest BCUT2D eigenvalue weighted by atomic mass is 32.2. The van der Waals surface area contributed by atoms with Crippen molar-refractivity contribution >= 4 is 11.8 Å². The first-order chi connectivity index (χ1) is 7.25. The first-order valence-corrected chi connectivity index (χ1v) is 5.46. The Bertz CT molecular complexity index is 407. The van der Waals surface area contributed by atoms with Gasteiger partial charge in [0.25, 0.3) is 0 Å². The zero-order valence-corrected chi connectivity index (χ0v) is 9.16. The Morgan fingerprint density at radius 1 is 1.33 bits per heavy atom. The van der Waals surface area contributed by atoms with Crippen molar-refractivity contribution in [2.75, 3.05) is 0 Å². The van der Waals surface area contributed by atoms with Gasteiger partial charge < -0.3 is 5.73 Å². The third kappa shape index (κ3) is 2.57. The summed E-state index contributed by atoms with van der Waals surface area (Å²) in [6, 6.07) is 8.21. The molecule has 0 fully saturated rings. The van der Waals surface area contributed by atoms with Gasteiger partial charge in [0.1, 0.15) is 6.33 Å². The minimum absolute atomic E-state index is 0.0781. The molecule has 0 amide bonds. The average Bonchev–Trinajstić information content (AvgIpc) is 2.71. The summed E-state index contributed by atoms with van der Waals surface area (Å²) in [6.07, 6.45) is 1.50. The summed E-state index contributed by atoms with van der Waals surface area (Å²) >= 11 is 1.54. The maximum Gasteiger partial charge on any atom is 0.188 e. The summed E-state index contributed by atoms with van der Waals surface area (Å²) in [7, 11) is 0. The van der Waals surface area contributed by atoms with Gasteiger partial charge in [0.15, 0.2) is 5.16 Å². The lowest BCUT2D eigenvalue weighted by atomic mass is 10.1. The zero-order chi connectivity index (χ0) is 10.7. The monoisotopic (exact) mass is 220 g/mol. The maximum atomic E-state index is 5.76. The number of hydrogen-bond acceptors (Lipinski definition) is 4. The van der Waals surface area contributed by atoms with Crippen LogP contribution in [-0.2, 0) is 0 Å². The molecule has 4 nitrogen and oxygen atoms in total. The van der Waals surface area contributed by atoms with Gasteiger partial charge in [-0.05, 0) is 24.6 Å². The molecule has 0 saturated heterocycles. The fourth-order valence-electron chi connectivity index (χ4n) is 1.19. The number of H-pyrrole nitrogens is 1. The van der Waals surface area contributed by atoms with Crippen LogP contribution in [-0.4, -0.2) is 15.2 Å². The molecule has 5 heteroatoms. The van der Waals surface area contributed by atoms with Crippen LogP contribution in [0.3, 0.4) is 0 Å². The fourth-order valence-corrected chi connectivity index (χ4v) is 1.89. The molecular formula is C10H12N4S. The predicted molar refractivity (Wildman–Crippen MR) is 59.6 cm³/mol. The molecule has 0 aliphatic heterocycles. The molecule has 1 aromatic heterocycles. The first kappa shape index (κ1) is 10.2. The van der Waals surface area contributed by atoms with E-state index in [1.54, 1.807) is 11.8 Å². The molecule has 0 radical (unpaired) electrons. The smallest absolute Gasteiger partial charge is 0.188 e. The molecule has 2 rings (SSSR count). The normalized spacial score (nSPS) is 12.7. The number of aromatic nitrogens is 3. The molecule has 0 bridgehead atoms. The van der Waals surface area contributed by atoms with Gasteiger partial charge in [-0.3, -0.25) is 5.10 Å². The van der Waals surface area contributed by atoms with E-state index in [1.807, 2.05) is 31.2 Å². The van der Waals surface area contributed by atoms with E-state index < -0.39 is 0 Å². The van der Waals surface area contributed by atoms with Crippen molar-refractivity contribution in [2.45, 2.75) is 23.0 Å². The van der Waals surface area contributed by atoms with Crippen LogP contribution in [0, 0.1) is 0 Å². The van der Waals surface area contributed by atoms with E-state index >= 15 is 0 Å². The van der Waals surface area contributed by atoms with Crippen LogP contribution < -0.4 is 5.73 Å². The van der Waals surface area contributed by atoms with Gasteiger partial charge in [-0.2, -0.15) is 5.10 Å². The molecule has 0 aliphatic rings. The molecule has 0 unspecified atom stereocenters. The molecular weight excluding hydrogens is 208 g/mol. The fraction of sp³-hybridized carbons (Fsp3) is 0.200. The Hall–Kier alpha value is -1.33. The van der Waals surface area contributed by atoms with Gasteiger partial charge in [-0.25, -0.2) is 4.98 Å². The first-order valence-electron chi connectivity index (χ1n) is 4.64. The lowest BCUT2D eigenvalue weighted by Crippen LogP contribution is -2.04. The summed E-state index contributed by atoms with van der Waals surface area (Å²) in [6.45, 7) is 1.97. The number of rotatable bonds is 3. The van der Waals surface area contributed by atoms with Crippen molar-refractivity contribution in [1.82, 2.24) is 15.2 Å². The Labute approximate surface area is 92.3 Å². The summed E-state index contributed by atoms with van der Waals surface area (Å²) in [4.78, 5) is 5.16. The van der Waals surface area contributed by atoms with E-state index in [0.29, 0.717) is 0 Å². The number of nitrogens with two attached hydrogens (primary N) is 1. The average molecular weight is 220 g/mol. The number of nitrogens with one attached hydrogen (secondary N) is 1. The second-order valence-corrected chi connectivity index (χ2v) is 4.31. The lowest BCUT2D eigenvalue weighted by Gasteiger charge is -2.05. The minimum Gasteiger partial charge on any atom is -0.324 e. The molecule has 1 heterocycles. The van der Waals surface area contributed by atoms with Crippen molar-refractivity contribution < 1.29 is 0 Å². The summed E-state index contributed by atoms with van der Waals surface area (Å²) in [5, 5.41) is 7.38. The molecule has 15 heavy (non-hydrogen) atoms.